The molecule has 1 atom stereocenters. The molecule has 4 nitrogen and oxygen atoms in total. The van der Waals surface area contributed by atoms with Gasteiger partial charge in [0.15, 0.2) is 0 Å². The predicted octanol–water partition coefficient (Wildman–Crippen LogP) is 3.88. The number of nitrogen functional groups attached to an aromatic ring is 1. The fraction of sp³-hybridized carbons (Fsp3) is 0.500. The molecule has 0 saturated carbocycles. The third kappa shape index (κ3) is 2.77. The van der Waals surface area contributed by atoms with Gasteiger partial charge in [0.2, 0.25) is 5.95 Å². The van der Waals surface area contributed by atoms with Gasteiger partial charge in [-0.15, -0.1) is 0 Å². The van der Waals surface area contributed by atoms with Crippen molar-refractivity contribution in [2.45, 2.75) is 46.1 Å². The van der Waals surface area contributed by atoms with E-state index in [0.717, 1.165) is 17.9 Å². The fourth-order valence-corrected chi connectivity index (χ4v) is 2.64. The molecule has 0 aliphatic rings. The summed E-state index contributed by atoms with van der Waals surface area (Å²) in [5.41, 5.74) is 8.31. The zero-order valence-electron chi connectivity index (χ0n) is 12.4. The van der Waals surface area contributed by atoms with Crippen molar-refractivity contribution in [3.63, 3.8) is 0 Å². The van der Waals surface area contributed by atoms with Gasteiger partial charge in [-0.25, -0.2) is 4.98 Å². The molecule has 20 heavy (non-hydrogen) atoms. The van der Waals surface area contributed by atoms with E-state index in [-0.39, 0.29) is 0 Å². The number of benzene rings is 1. The second-order valence-corrected chi connectivity index (χ2v) is 5.80. The van der Waals surface area contributed by atoms with E-state index < -0.39 is 0 Å². The van der Waals surface area contributed by atoms with Crippen molar-refractivity contribution < 1.29 is 0 Å². The molecule has 1 aromatic carbocycles. The number of hydrogen-bond donors (Lipinski definition) is 1. The van der Waals surface area contributed by atoms with Crippen molar-refractivity contribution >= 4 is 17.0 Å². The number of imidazole rings is 1. The first-order valence-corrected chi connectivity index (χ1v) is 7.21. The molecule has 1 unspecified atom stereocenters. The van der Waals surface area contributed by atoms with Gasteiger partial charge < -0.3 is 10.3 Å². The molecule has 2 aromatic rings. The summed E-state index contributed by atoms with van der Waals surface area (Å²) in [5, 5.41) is 9.14. The van der Waals surface area contributed by atoms with Crippen LogP contribution < -0.4 is 5.73 Å². The first-order chi connectivity index (χ1) is 9.54. The maximum Gasteiger partial charge on any atom is 0.201 e. The summed E-state index contributed by atoms with van der Waals surface area (Å²) in [5.74, 6) is 1.23. The minimum absolute atomic E-state index is 0.299. The molecule has 0 aliphatic heterocycles. The summed E-state index contributed by atoms with van der Waals surface area (Å²) in [6.07, 6.45) is 3.47. The highest BCUT2D eigenvalue weighted by Crippen LogP contribution is 2.27. The summed E-state index contributed by atoms with van der Waals surface area (Å²) in [6.45, 7) is 6.65. The smallest absolute Gasteiger partial charge is 0.201 e. The lowest BCUT2D eigenvalue weighted by Crippen LogP contribution is -2.09. The Morgan fingerprint density at radius 2 is 2.05 bits per heavy atom. The summed E-state index contributed by atoms with van der Waals surface area (Å²) >= 11 is 0. The number of rotatable bonds is 5. The molecule has 4 heteroatoms. The van der Waals surface area contributed by atoms with Crippen molar-refractivity contribution in [1.29, 1.82) is 5.26 Å². The van der Waals surface area contributed by atoms with Crippen LogP contribution >= 0.6 is 0 Å². The number of aromatic nitrogens is 2. The number of nitriles is 1. The molecule has 1 aromatic heterocycles. The molecule has 0 amide bonds. The topological polar surface area (TPSA) is 67.6 Å². The highest BCUT2D eigenvalue weighted by Gasteiger charge is 2.15. The van der Waals surface area contributed by atoms with E-state index >= 15 is 0 Å². The highest BCUT2D eigenvalue weighted by molar-refractivity contribution is 5.84. The average Bonchev–Trinajstić information content (AvgIpc) is 2.73. The Balaban J connectivity index is 2.30. The minimum atomic E-state index is 0.299. The number of anilines is 1. The molecule has 2 N–H and O–H groups in total. The molecular weight excluding hydrogens is 248 g/mol. The summed E-state index contributed by atoms with van der Waals surface area (Å²) in [6, 6.07) is 8.13. The molecule has 0 fully saturated rings. The molecule has 0 radical (unpaired) electrons. The van der Waals surface area contributed by atoms with E-state index in [2.05, 4.69) is 36.4 Å². The van der Waals surface area contributed by atoms with Crippen LogP contribution in [-0.2, 0) is 0 Å². The van der Waals surface area contributed by atoms with Crippen LogP contribution in [0.5, 0.6) is 0 Å². The van der Waals surface area contributed by atoms with E-state index in [9.17, 15) is 0 Å². The van der Waals surface area contributed by atoms with Crippen LogP contribution in [0.4, 0.5) is 5.95 Å². The monoisotopic (exact) mass is 270 g/mol. The molecule has 0 aliphatic carbocycles. The van der Waals surface area contributed by atoms with E-state index in [0.29, 0.717) is 23.1 Å². The normalized spacial score (nSPS) is 12.8. The molecule has 106 valence electrons. The summed E-state index contributed by atoms with van der Waals surface area (Å²) in [4.78, 5) is 4.37. The molecular formula is C16H22N4. The summed E-state index contributed by atoms with van der Waals surface area (Å²) < 4.78 is 2.05. The largest absolute Gasteiger partial charge is 0.369 e. The quantitative estimate of drug-likeness (QED) is 0.896. The Morgan fingerprint density at radius 1 is 1.30 bits per heavy atom. The third-order valence-corrected chi connectivity index (χ3v) is 3.71. The van der Waals surface area contributed by atoms with Crippen LogP contribution in [0.3, 0.4) is 0 Å². The lowest BCUT2D eigenvalue weighted by atomic mass is 10.0. The van der Waals surface area contributed by atoms with E-state index in [1.165, 1.54) is 12.8 Å². The van der Waals surface area contributed by atoms with Gasteiger partial charge in [0.05, 0.1) is 11.1 Å². The van der Waals surface area contributed by atoms with Crippen LogP contribution in [-0.4, -0.2) is 9.55 Å². The summed E-state index contributed by atoms with van der Waals surface area (Å²) in [7, 11) is 0. The Kier molecular flexibility index (Phi) is 4.29. The van der Waals surface area contributed by atoms with E-state index in [1.54, 1.807) is 6.07 Å². The Labute approximate surface area is 120 Å². The molecule has 0 bridgehead atoms. The van der Waals surface area contributed by atoms with Gasteiger partial charge in [-0.3, -0.25) is 0 Å². The Bertz CT molecular complexity index is 634. The zero-order chi connectivity index (χ0) is 14.7. The second-order valence-electron chi connectivity index (χ2n) is 5.80. The van der Waals surface area contributed by atoms with Crippen molar-refractivity contribution in [2.75, 3.05) is 5.73 Å². The van der Waals surface area contributed by atoms with Crippen molar-refractivity contribution in [2.24, 2.45) is 5.92 Å². The van der Waals surface area contributed by atoms with E-state index in [4.69, 9.17) is 11.0 Å². The standard InChI is InChI=1S/C16H22N4/c1-11(2)6-4-7-12(3)20-14-9-5-8-13(10-17)15(14)19-16(20)18/h5,8-9,11-12H,4,6-7H2,1-3H3,(H2,18,19). The second kappa shape index (κ2) is 5.96. The van der Waals surface area contributed by atoms with Crippen molar-refractivity contribution in [3.05, 3.63) is 23.8 Å². The molecule has 0 spiro atoms. The number of nitrogens with zero attached hydrogens (tertiary/aromatic N) is 3. The lowest BCUT2D eigenvalue weighted by Gasteiger charge is -2.16. The van der Waals surface area contributed by atoms with Gasteiger partial charge in [-0.2, -0.15) is 5.26 Å². The number of hydrogen-bond acceptors (Lipinski definition) is 3. The Hall–Kier alpha value is -2.02. The van der Waals surface area contributed by atoms with Gasteiger partial charge in [0.25, 0.3) is 0 Å². The van der Waals surface area contributed by atoms with Crippen LogP contribution in [0.15, 0.2) is 18.2 Å². The first-order valence-electron chi connectivity index (χ1n) is 7.21. The van der Waals surface area contributed by atoms with Gasteiger partial charge >= 0.3 is 0 Å². The van der Waals surface area contributed by atoms with Crippen LogP contribution in [0.1, 0.15) is 51.6 Å². The third-order valence-electron chi connectivity index (χ3n) is 3.71. The first kappa shape index (κ1) is 14.4. The minimum Gasteiger partial charge on any atom is -0.369 e. The predicted molar refractivity (Wildman–Crippen MR) is 82.3 cm³/mol. The number of fused-ring (bicyclic) bond motifs is 1. The van der Waals surface area contributed by atoms with E-state index in [1.807, 2.05) is 12.1 Å². The fourth-order valence-electron chi connectivity index (χ4n) is 2.64. The van der Waals surface area contributed by atoms with Gasteiger partial charge in [-0.05, 0) is 31.4 Å². The SMILES string of the molecule is CC(C)CCCC(C)n1c(N)nc2c(C#N)cccc21. The maximum atomic E-state index is 9.14. The Morgan fingerprint density at radius 3 is 2.70 bits per heavy atom. The number of nitrogens with two attached hydrogens (primary N) is 1. The average molecular weight is 270 g/mol. The molecule has 0 saturated heterocycles. The van der Waals surface area contributed by atoms with Crippen molar-refractivity contribution in [3.8, 4) is 6.07 Å². The van der Waals surface area contributed by atoms with Crippen molar-refractivity contribution in [1.82, 2.24) is 9.55 Å². The van der Waals surface area contributed by atoms with Gasteiger partial charge in [0.1, 0.15) is 11.6 Å². The number of para-hydroxylation sites is 1. The highest BCUT2D eigenvalue weighted by atomic mass is 15.2. The maximum absolute atomic E-state index is 9.14. The van der Waals surface area contributed by atoms with Gasteiger partial charge in [0, 0.05) is 6.04 Å². The molecule has 1 heterocycles. The lowest BCUT2D eigenvalue weighted by molar-refractivity contribution is 0.457. The zero-order valence-corrected chi connectivity index (χ0v) is 12.4. The van der Waals surface area contributed by atoms with Gasteiger partial charge in [-0.1, -0.05) is 32.8 Å². The van der Waals surface area contributed by atoms with Crippen LogP contribution in [0, 0.1) is 17.2 Å². The van der Waals surface area contributed by atoms with Crippen LogP contribution in [0.25, 0.3) is 11.0 Å². The molecule has 2 rings (SSSR count). The van der Waals surface area contributed by atoms with Crippen LogP contribution in [0.2, 0.25) is 0 Å².